The second-order valence-electron chi connectivity index (χ2n) is 8.23. The first-order chi connectivity index (χ1) is 13.7. The molecule has 1 aliphatic carbocycles. The first-order valence-electron chi connectivity index (χ1n) is 10.4. The molecule has 0 spiro atoms. The number of hydrogen-bond acceptors (Lipinski definition) is 3. The molecule has 1 atom stereocenters. The molecule has 5 nitrogen and oxygen atoms in total. The summed E-state index contributed by atoms with van der Waals surface area (Å²) in [6.45, 7) is 3.54. The normalized spacial score (nSPS) is 20.3. The van der Waals surface area contributed by atoms with Gasteiger partial charge in [0.2, 0.25) is 0 Å². The number of benzene rings is 1. The van der Waals surface area contributed by atoms with Crippen LogP contribution in [0.1, 0.15) is 65.8 Å². The first-order valence-corrected chi connectivity index (χ1v) is 10.4. The fourth-order valence-corrected chi connectivity index (χ4v) is 4.88. The van der Waals surface area contributed by atoms with Gasteiger partial charge in [-0.2, -0.15) is 0 Å². The number of carbonyl (C=O) groups is 1. The van der Waals surface area contributed by atoms with Crippen molar-refractivity contribution in [1.82, 2.24) is 19.4 Å². The van der Waals surface area contributed by atoms with E-state index in [-0.39, 0.29) is 11.9 Å². The van der Waals surface area contributed by atoms with Crippen molar-refractivity contribution < 1.29 is 4.79 Å². The van der Waals surface area contributed by atoms with Crippen LogP contribution in [0.25, 0.3) is 11.2 Å². The van der Waals surface area contributed by atoms with Gasteiger partial charge in [-0.05, 0) is 50.5 Å². The van der Waals surface area contributed by atoms with E-state index in [0.717, 1.165) is 41.8 Å². The van der Waals surface area contributed by atoms with E-state index in [4.69, 9.17) is 4.98 Å². The van der Waals surface area contributed by atoms with Gasteiger partial charge in [-0.1, -0.05) is 30.5 Å². The molecule has 144 valence electrons. The van der Waals surface area contributed by atoms with Crippen molar-refractivity contribution in [2.75, 3.05) is 13.1 Å². The number of imidazole rings is 1. The van der Waals surface area contributed by atoms with E-state index in [1.807, 2.05) is 48.4 Å². The summed E-state index contributed by atoms with van der Waals surface area (Å²) in [7, 11) is 0. The maximum atomic E-state index is 13.0. The molecule has 5 heteroatoms. The minimum absolute atomic E-state index is 0.131. The van der Waals surface area contributed by atoms with Crippen LogP contribution >= 0.6 is 0 Å². The molecule has 2 fully saturated rings. The zero-order chi connectivity index (χ0) is 19.1. The molecule has 0 N–H and O–H groups in total. The average Bonchev–Trinajstić information content (AvgIpc) is 3.45. The van der Waals surface area contributed by atoms with E-state index in [1.54, 1.807) is 0 Å². The van der Waals surface area contributed by atoms with Crippen molar-refractivity contribution in [3.8, 4) is 0 Å². The molecule has 1 saturated heterocycles. The lowest BCUT2D eigenvalue weighted by molar-refractivity contribution is 0.0787. The van der Waals surface area contributed by atoms with E-state index in [1.165, 1.54) is 31.5 Å². The van der Waals surface area contributed by atoms with Gasteiger partial charge in [-0.3, -0.25) is 4.79 Å². The summed E-state index contributed by atoms with van der Waals surface area (Å²) < 4.78 is 2.36. The molecule has 1 unspecified atom stereocenters. The Hall–Kier alpha value is -2.69. The lowest BCUT2D eigenvalue weighted by Crippen LogP contribution is -2.29. The number of amides is 1. The van der Waals surface area contributed by atoms with E-state index in [9.17, 15) is 4.79 Å². The van der Waals surface area contributed by atoms with Gasteiger partial charge in [0, 0.05) is 30.8 Å². The molecule has 1 saturated carbocycles. The molecule has 3 heterocycles. The minimum Gasteiger partial charge on any atom is -0.336 e. The number of hydrogen-bond donors (Lipinski definition) is 0. The summed E-state index contributed by atoms with van der Waals surface area (Å²) in [6, 6.07) is 12.2. The third-order valence-corrected chi connectivity index (χ3v) is 6.28. The molecular weight excluding hydrogens is 348 g/mol. The number of aryl methyl sites for hydroxylation is 1. The van der Waals surface area contributed by atoms with Gasteiger partial charge in [0.1, 0.15) is 11.3 Å². The predicted octanol–water partition coefficient (Wildman–Crippen LogP) is 4.48. The van der Waals surface area contributed by atoms with Gasteiger partial charge in [0.25, 0.3) is 5.91 Å². The molecular formula is C23H26N4O. The Morgan fingerprint density at radius 3 is 2.79 bits per heavy atom. The number of likely N-dealkylation sites (tertiary alicyclic amines) is 1. The highest BCUT2D eigenvalue weighted by Gasteiger charge is 2.33. The van der Waals surface area contributed by atoms with E-state index >= 15 is 0 Å². The quantitative estimate of drug-likeness (QED) is 0.679. The molecule has 5 rings (SSSR count). The standard InChI is InChI=1S/C23H26N4O/c1-16-6-4-9-18(14-16)23(28)26-13-11-19(15-26)27-21(17-7-2-3-8-17)25-20-10-5-12-24-22(20)27/h4-6,9-10,12,14,17,19H,2-3,7-8,11,13,15H2,1H3. The second-order valence-corrected chi connectivity index (χ2v) is 8.23. The fraction of sp³-hybridized carbons (Fsp3) is 0.435. The molecule has 2 aliphatic rings. The van der Waals surface area contributed by atoms with Gasteiger partial charge in [-0.15, -0.1) is 0 Å². The number of carbonyl (C=O) groups excluding carboxylic acids is 1. The second kappa shape index (κ2) is 7.04. The fourth-order valence-electron chi connectivity index (χ4n) is 4.88. The molecule has 0 bridgehead atoms. The van der Waals surface area contributed by atoms with Crippen LogP contribution in [-0.2, 0) is 0 Å². The Morgan fingerprint density at radius 1 is 1.11 bits per heavy atom. The summed E-state index contributed by atoms with van der Waals surface area (Å²) in [5.41, 5.74) is 3.85. The Morgan fingerprint density at radius 2 is 1.96 bits per heavy atom. The maximum Gasteiger partial charge on any atom is 0.253 e. The molecule has 1 amide bonds. The van der Waals surface area contributed by atoms with Crippen LogP contribution in [0.15, 0.2) is 42.6 Å². The van der Waals surface area contributed by atoms with Crippen LogP contribution in [-0.4, -0.2) is 38.4 Å². The molecule has 1 aliphatic heterocycles. The van der Waals surface area contributed by atoms with Crippen molar-refractivity contribution in [3.63, 3.8) is 0 Å². The highest BCUT2D eigenvalue weighted by Crippen LogP contribution is 2.38. The van der Waals surface area contributed by atoms with Gasteiger partial charge >= 0.3 is 0 Å². The van der Waals surface area contributed by atoms with Crippen LogP contribution in [0.4, 0.5) is 0 Å². The van der Waals surface area contributed by atoms with E-state index in [0.29, 0.717) is 5.92 Å². The Bertz CT molecular complexity index is 1020. The summed E-state index contributed by atoms with van der Waals surface area (Å²) in [4.78, 5) is 24.6. The minimum atomic E-state index is 0.131. The third-order valence-electron chi connectivity index (χ3n) is 6.28. The van der Waals surface area contributed by atoms with Crippen molar-refractivity contribution in [3.05, 3.63) is 59.5 Å². The SMILES string of the molecule is Cc1cccc(C(=O)N2CCC(n3c(C4CCCC4)nc4cccnc43)C2)c1. The molecule has 28 heavy (non-hydrogen) atoms. The van der Waals surface area contributed by atoms with Crippen LogP contribution in [0.3, 0.4) is 0 Å². The smallest absolute Gasteiger partial charge is 0.253 e. The number of aromatic nitrogens is 3. The van der Waals surface area contributed by atoms with Gasteiger partial charge in [0.15, 0.2) is 5.65 Å². The largest absolute Gasteiger partial charge is 0.336 e. The zero-order valence-corrected chi connectivity index (χ0v) is 16.3. The summed E-state index contributed by atoms with van der Waals surface area (Å²) in [5.74, 6) is 1.84. The number of nitrogens with zero attached hydrogens (tertiary/aromatic N) is 4. The molecule has 3 aromatic rings. The number of pyridine rings is 1. The van der Waals surface area contributed by atoms with Crippen molar-refractivity contribution in [2.24, 2.45) is 0 Å². The van der Waals surface area contributed by atoms with Gasteiger partial charge in [-0.25, -0.2) is 9.97 Å². The molecule has 0 radical (unpaired) electrons. The summed E-state index contributed by atoms with van der Waals surface area (Å²) >= 11 is 0. The summed E-state index contributed by atoms with van der Waals surface area (Å²) in [6.07, 6.45) is 7.79. The van der Waals surface area contributed by atoms with Gasteiger partial charge < -0.3 is 9.47 Å². The highest BCUT2D eigenvalue weighted by atomic mass is 16.2. The van der Waals surface area contributed by atoms with Crippen LogP contribution in [0, 0.1) is 6.92 Å². The van der Waals surface area contributed by atoms with E-state index < -0.39 is 0 Å². The maximum absolute atomic E-state index is 13.0. The van der Waals surface area contributed by atoms with Crippen LogP contribution in [0.5, 0.6) is 0 Å². The zero-order valence-electron chi connectivity index (χ0n) is 16.3. The van der Waals surface area contributed by atoms with Crippen molar-refractivity contribution >= 4 is 17.1 Å². The third kappa shape index (κ3) is 2.99. The lowest BCUT2D eigenvalue weighted by atomic mass is 10.1. The molecule has 2 aromatic heterocycles. The number of rotatable bonds is 3. The Balaban J connectivity index is 1.46. The summed E-state index contributed by atoms with van der Waals surface area (Å²) in [5, 5.41) is 0. The predicted molar refractivity (Wildman–Crippen MR) is 109 cm³/mol. The van der Waals surface area contributed by atoms with E-state index in [2.05, 4.69) is 15.6 Å². The Kier molecular flexibility index (Phi) is 4.38. The topological polar surface area (TPSA) is 51.0 Å². The lowest BCUT2D eigenvalue weighted by Gasteiger charge is -2.20. The Labute approximate surface area is 165 Å². The first kappa shape index (κ1) is 17.4. The van der Waals surface area contributed by atoms with Crippen molar-refractivity contribution in [2.45, 2.75) is 51.0 Å². The highest BCUT2D eigenvalue weighted by molar-refractivity contribution is 5.94. The number of fused-ring (bicyclic) bond motifs is 1. The van der Waals surface area contributed by atoms with Crippen molar-refractivity contribution in [1.29, 1.82) is 0 Å². The monoisotopic (exact) mass is 374 g/mol. The van der Waals surface area contributed by atoms with Crippen LogP contribution < -0.4 is 0 Å². The van der Waals surface area contributed by atoms with Gasteiger partial charge in [0.05, 0.1) is 6.04 Å². The molecule has 1 aromatic carbocycles. The average molecular weight is 374 g/mol. The van der Waals surface area contributed by atoms with Crippen LogP contribution in [0.2, 0.25) is 0 Å².